The number of carbonyl (C=O) groups is 1. The van der Waals surface area contributed by atoms with E-state index in [0.29, 0.717) is 0 Å². The van der Waals surface area contributed by atoms with Crippen LogP contribution in [-0.4, -0.2) is 25.5 Å². The van der Waals surface area contributed by atoms with Gasteiger partial charge in [-0.1, -0.05) is 35.3 Å². The number of non-ortho nitro benzene ring substituents is 1. The summed E-state index contributed by atoms with van der Waals surface area (Å²) in [4.78, 5) is 22.3. The lowest BCUT2D eigenvalue weighted by Crippen LogP contribution is -2.28. The van der Waals surface area contributed by atoms with E-state index in [2.05, 4.69) is 5.32 Å². The second-order valence-corrected chi connectivity index (χ2v) is 8.22. The third kappa shape index (κ3) is 4.74. The van der Waals surface area contributed by atoms with E-state index in [4.69, 9.17) is 23.2 Å². The second-order valence-electron chi connectivity index (χ2n) is 5.42. The number of nitriles is 1. The van der Waals surface area contributed by atoms with Crippen molar-refractivity contribution in [3.8, 4) is 6.07 Å². The van der Waals surface area contributed by atoms with Crippen molar-refractivity contribution in [3.63, 3.8) is 0 Å². The molecule has 0 aromatic heterocycles. The Balaban J connectivity index is 2.45. The van der Waals surface area contributed by atoms with Crippen LogP contribution in [0.3, 0.4) is 0 Å². The van der Waals surface area contributed by atoms with E-state index >= 15 is 0 Å². The van der Waals surface area contributed by atoms with Gasteiger partial charge in [0.05, 0.1) is 25.9 Å². The lowest BCUT2D eigenvalue weighted by atomic mass is 10.1. The fraction of sp³-hybridized carbons (Fsp3) is 0.125. The fourth-order valence-electron chi connectivity index (χ4n) is 2.17. The molecule has 0 saturated heterocycles. The average Bonchev–Trinajstić information content (AvgIpc) is 2.61. The van der Waals surface area contributed by atoms with Crippen molar-refractivity contribution in [2.24, 2.45) is 0 Å². The summed E-state index contributed by atoms with van der Waals surface area (Å²) in [6.45, 7) is 0. The molecule has 0 heterocycles. The molecule has 140 valence electrons. The minimum absolute atomic E-state index is 0.0712. The minimum Gasteiger partial charge on any atom is -0.332 e. The zero-order valence-electron chi connectivity index (χ0n) is 13.6. The standard InChI is InChI=1S/C16H11Cl2N3O5S/c1-27(25,26)11-6-9(5-10(7-11)21(23)24)16(22)20-14(8-19)12-3-2-4-13(17)15(12)18/h2-7,14H,1H3,(H,20,22). The van der Waals surface area contributed by atoms with Crippen molar-refractivity contribution in [1.29, 1.82) is 5.26 Å². The molecular formula is C16H11Cl2N3O5S. The molecule has 0 radical (unpaired) electrons. The summed E-state index contributed by atoms with van der Waals surface area (Å²) >= 11 is 11.9. The van der Waals surface area contributed by atoms with Gasteiger partial charge in [-0.05, 0) is 12.1 Å². The number of halogens is 2. The number of nitrogens with zero attached hydrogens (tertiary/aromatic N) is 2. The van der Waals surface area contributed by atoms with E-state index in [1.54, 1.807) is 0 Å². The largest absolute Gasteiger partial charge is 0.332 e. The number of hydrogen-bond acceptors (Lipinski definition) is 6. The molecule has 0 aliphatic carbocycles. The van der Waals surface area contributed by atoms with Gasteiger partial charge in [0.25, 0.3) is 11.6 Å². The third-order valence-electron chi connectivity index (χ3n) is 3.49. The number of carbonyl (C=O) groups excluding carboxylic acids is 1. The van der Waals surface area contributed by atoms with Crippen molar-refractivity contribution in [2.45, 2.75) is 10.9 Å². The van der Waals surface area contributed by atoms with Crippen LogP contribution >= 0.6 is 23.2 Å². The van der Waals surface area contributed by atoms with E-state index in [1.807, 2.05) is 6.07 Å². The summed E-state index contributed by atoms with van der Waals surface area (Å²) in [5, 5.41) is 23.0. The van der Waals surface area contributed by atoms with Crippen molar-refractivity contribution in [2.75, 3.05) is 6.26 Å². The average molecular weight is 428 g/mol. The maximum Gasteiger partial charge on any atom is 0.271 e. The van der Waals surface area contributed by atoms with Gasteiger partial charge < -0.3 is 5.32 Å². The van der Waals surface area contributed by atoms with Crippen LogP contribution in [0.4, 0.5) is 5.69 Å². The van der Waals surface area contributed by atoms with Crippen molar-refractivity contribution in [1.82, 2.24) is 5.32 Å². The molecule has 0 fully saturated rings. The fourth-order valence-corrected chi connectivity index (χ4v) is 3.26. The van der Waals surface area contributed by atoms with Crippen molar-refractivity contribution in [3.05, 3.63) is 67.7 Å². The van der Waals surface area contributed by atoms with Crippen LogP contribution in [-0.2, 0) is 9.84 Å². The summed E-state index contributed by atoms with van der Waals surface area (Å²) in [5.41, 5.74) is -0.630. The molecule has 0 aliphatic rings. The molecule has 1 amide bonds. The van der Waals surface area contributed by atoms with E-state index < -0.39 is 37.3 Å². The van der Waals surface area contributed by atoms with Crippen LogP contribution in [0.25, 0.3) is 0 Å². The quantitative estimate of drug-likeness (QED) is 0.575. The molecule has 1 atom stereocenters. The number of nitro groups is 1. The zero-order valence-corrected chi connectivity index (χ0v) is 16.0. The number of hydrogen-bond donors (Lipinski definition) is 1. The monoisotopic (exact) mass is 427 g/mol. The molecule has 11 heteroatoms. The number of rotatable bonds is 5. The summed E-state index contributed by atoms with van der Waals surface area (Å²) in [5.74, 6) is -0.883. The van der Waals surface area contributed by atoms with Gasteiger partial charge >= 0.3 is 0 Å². The molecule has 0 aliphatic heterocycles. The lowest BCUT2D eigenvalue weighted by molar-refractivity contribution is -0.385. The Bertz CT molecular complexity index is 1080. The highest BCUT2D eigenvalue weighted by Gasteiger charge is 2.23. The highest BCUT2D eigenvalue weighted by Crippen LogP contribution is 2.30. The van der Waals surface area contributed by atoms with Gasteiger partial charge in [-0.2, -0.15) is 5.26 Å². The smallest absolute Gasteiger partial charge is 0.271 e. The highest BCUT2D eigenvalue weighted by atomic mass is 35.5. The number of nitrogens with one attached hydrogen (secondary N) is 1. The SMILES string of the molecule is CS(=O)(=O)c1cc(C(=O)NC(C#N)c2cccc(Cl)c2Cl)cc([N+](=O)[O-])c1. The third-order valence-corrected chi connectivity index (χ3v) is 5.41. The van der Waals surface area contributed by atoms with Crippen LogP contribution in [0.1, 0.15) is 22.0 Å². The molecule has 0 bridgehead atoms. The van der Waals surface area contributed by atoms with Gasteiger partial charge in [0, 0.05) is 29.5 Å². The zero-order chi connectivity index (χ0) is 20.4. The molecular weight excluding hydrogens is 417 g/mol. The minimum atomic E-state index is -3.80. The topological polar surface area (TPSA) is 130 Å². The van der Waals surface area contributed by atoms with Crippen molar-refractivity contribution < 1.29 is 18.1 Å². The van der Waals surface area contributed by atoms with Crippen molar-refractivity contribution >= 4 is 44.6 Å². The molecule has 2 rings (SSSR count). The Morgan fingerprint density at radius 2 is 1.96 bits per heavy atom. The molecule has 1 unspecified atom stereocenters. The van der Waals surface area contributed by atoms with E-state index in [9.17, 15) is 28.6 Å². The van der Waals surface area contributed by atoms with E-state index in [-0.39, 0.29) is 21.2 Å². The van der Waals surface area contributed by atoms with Gasteiger partial charge in [-0.15, -0.1) is 0 Å². The number of sulfone groups is 1. The molecule has 2 aromatic rings. The Morgan fingerprint density at radius 3 is 2.52 bits per heavy atom. The normalized spacial score (nSPS) is 12.1. The van der Waals surface area contributed by atoms with Crippen LogP contribution in [0.2, 0.25) is 10.0 Å². The first kappa shape index (κ1) is 20.6. The molecule has 0 saturated carbocycles. The van der Waals surface area contributed by atoms with Gasteiger partial charge in [-0.25, -0.2) is 8.42 Å². The van der Waals surface area contributed by atoms with Gasteiger partial charge in [0.15, 0.2) is 9.84 Å². The number of benzene rings is 2. The van der Waals surface area contributed by atoms with Gasteiger partial charge in [-0.3, -0.25) is 14.9 Å². The first-order chi connectivity index (χ1) is 12.5. The maximum atomic E-state index is 12.5. The summed E-state index contributed by atoms with van der Waals surface area (Å²) in [6, 6.07) is 7.92. The number of nitro benzene ring substituents is 1. The summed E-state index contributed by atoms with van der Waals surface area (Å²) < 4.78 is 23.5. The van der Waals surface area contributed by atoms with Gasteiger partial charge in [0.1, 0.15) is 6.04 Å². The van der Waals surface area contributed by atoms with Crippen LogP contribution in [0.15, 0.2) is 41.3 Å². The Labute approximate surface area is 164 Å². The van der Waals surface area contributed by atoms with E-state index in [1.165, 1.54) is 18.2 Å². The van der Waals surface area contributed by atoms with Crippen LogP contribution in [0, 0.1) is 21.4 Å². The van der Waals surface area contributed by atoms with Crippen LogP contribution < -0.4 is 5.32 Å². The lowest BCUT2D eigenvalue weighted by Gasteiger charge is -2.14. The molecule has 2 aromatic carbocycles. The summed E-state index contributed by atoms with van der Waals surface area (Å²) in [7, 11) is -3.80. The Kier molecular flexibility index (Phi) is 6.05. The predicted octanol–water partition coefficient (Wildman–Crippen LogP) is 3.30. The molecule has 0 spiro atoms. The van der Waals surface area contributed by atoms with E-state index in [0.717, 1.165) is 24.5 Å². The Hall–Kier alpha value is -2.67. The van der Waals surface area contributed by atoms with Crippen LogP contribution in [0.5, 0.6) is 0 Å². The molecule has 27 heavy (non-hydrogen) atoms. The number of amides is 1. The maximum absolute atomic E-state index is 12.5. The highest BCUT2D eigenvalue weighted by molar-refractivity contribution is 7.90. The molecule has 1 N–H and O–H groups in total. The second kappa shape index (κ2) is 7.92. The molecule has 8 nitrogen and oxygen atoms in total. The summed E-state index contributed by atoms with van der Waals surface area (Å²) in [6.07, 6.45) is 0.859. The van der Waals surface area contributed by atoms with Gasteiger partial charge in [0.2, 0.25) is 0 Å². The first-order valence-electron chi connectivity index (χ1n) is 7.18. The predicted molar refractivity (Wildman–Crippen MR) is 98.5 cm³/mol. The Morgan fingerprint density at radius 1 is 1.30 bits per heavy atom. The first-order valence-corrected chi connectivity index (χ1v) is 9.83.